The van der Waals surface area contributed by atoms with Gasteiger partial charge < -0.3 is 15.9 Å². The highest BCUT2D eigenvalue weighted by Gasteiger charge is 2.38. The Morgan fingerprint density at radius 1 is 1.19 bits per heavy atom. The van der Waals surface area contributed by atoms with Crippen molar-refractivity contribution in [3.05, 3.63) is 35.4 Å². The molecule has 0 spiro atoms. The third-order valence-electron chi connectivity index (χ3n) is 5.72. The topological polar surface area (TPSA) is 97.4 Å². The molecule has 170 valence electrons. The lowest BCUT2D eigenvalue weighted by Gasteiger charge is -2.31. The zero-order chi connectivity index (χ0) is 23.2. The molecule has 0 saturated heterocycles. The molecule has 8 heteroatoms. The second-order valence-corrected chi connectivity index (χ2v) is 8.28. The van der Waals surface area contributed by atoms with Gasteiger partial charge in [0, 0.05) is 18.1 Å². The van der Waals surface area contributed by atoms with Crippen LogP contribution >= 0.6 is 0 Å². The van der Waals surface area contributed by atoms with Crippen molar-refractivity contribution in [2.24, 2.45) is 16.8 Å². The number of carbonyl (C=O) groups is 1. The molecule has 1 aromatic rings. The summed E-state index contributed by atoms with van der Waals surface area (Å²) in [6.45, 7) is 3.40. The fourth-order valence-corrected chi connectivity index (χ4v) is 4.06. The zero-order valence-electron chi connectivity index (χ0n) is 17.9. The van der Waals surface area contributed by atoms with Crippen molar-refractivity contribution >= 4 is 23.1 Å². The number of halogens is 3. The van der Waals surface area contributed by atoms with Crippen LogP contribution in [0.1, 0.15) is 69.0 Å². The van der Waals surface area contributed by atoms with Crippen LogP contribution in [0.5, 0.6) is 0 Å². The molecule has 0 aliphatic heterocycles. The summed E-state index contributed by atoms with van der Waals surface area (Å²) < 4.78 is 37.9. The maximum atomic E-state index is 12.6. The molecule has 1 fully saturated rings. The molecule has 0 heterocycles. The number of carboxylic acid groups (broad SMARTS) is 1. The number of aliphatic imine (C=N–C) groups is 1. The standard InChI is InChI=1S/C23H30F3N3O2/c1-14-9-11-16(12-10-14)21(29-19-8-4-3-7-18(19)28)20(15(2)27)17(22(30)31)6-5-13-23(24,25)26/h9-12,17,20-21,27-28H,3-8,13H2,1-2H3,(H,30,31). The molecule has 0 bridgehead atoms. The predicted octanol–water partition coefficient (Wildman–Crippen LogP) is 6.16. The fraction of sp³-hybridized carbons (Fsp3) is 0.565. The minimum absolute atomic E-state index is 0.0664. The average Bonchev–Trinajstić information content (AvgIpc) is 2.67. The van der Waals surface area contributed by atoms with E-state index in [4.69, 9.17) is 15.8 Å². The molecule has 1 aliphatic rings. The van der Waals surface area contributed by atoms with Crippen LogP contribution in [0, 0.1) is 29.6 Å². The van der Waals surface area contributed by atoms with E-state index < -0.39 is 36.4 Å². The minimum atomic E-state index is -4.36. The van der Waals surface area contributed by atoms with E-state index in [0.29, 0.717) is 29.8 Å². The Morgan fingerprint density at radius 3 is 2.32 bits per heavy atom. The Morgan fingerprint density at radius 2 is 1.81 bits per heavy atom. The molecule has 0 radical (unpaired) electrons. The lowest BCUT2D eigenvalue weighted by Crippen LogP contribution is -2.34. The van der Waals surface area contributed by atoms with Gasteiger partial charge in [0.25, 0.3) is 0 Å². The lowest BCUT2D eigenvalue weighted by molar-refractivity contribution is -0.146. The third-order valence-corrected chi connectivity index (χ3v) is 5.72. The summed E-state index contributed by atoms with van der Waals surface area (Å²) in [6, 6.07) is 6.63. The van der Waals surface area contributed by atoms with Gasteiger partial charge in [-0.15, -0.1) is 0 Å². The Kier molecular flexibility index (Phi) is 8.53. The molecule has 3 atom stereocenters. The monoisotopic (exact) mass is 437 g/mol. The first-order chi connectivity index (χ1) is 14.5. The summed E-state index contributed by atoms with van der Waals surface area (Å²) in [7, 11) is 0. The average molecular weight is 438 g/mol. The number of alkyl halides is 3. The number of hydrogen-bond donors (Lipinski definition) is 3. The highest BCUT2D eigenvalue weighted by Crippen LogP contribution is 2.37. The van der Waals surface area contributed by atoms with Crippen molar-refractivity contribution < 1.29 is 23.1 Å². The Balaban J connectivity index is 2.47. The Hall–Kier alpha value is -2.51. The maximum Gasteiger partial charge on any atom is 0.389 e. The molecular formula is C23H30F3N3O2. The van der Waals surface area contributed by atoms with E-state index in [1.54, 1.807) is 0 Å². The summed E-state index contributed by atoms with van der Waals surface area (Å²) in [5, 5.41) is 26.4. The molecule has 3 N–H and O–H groups in total. The van der Waals surface area contributed by atoms with Crippen LogP contribution in [0.25, 0.3) is 0 Å². The van der Waals surface area contributed by atoms with Gasteiger partial charge in [-0.25, -0.2) is 0 Å². The SMILES string of the molecule is CC(=N)C(C(CCCC(F)(F)F)C(=O)O)C(N=C1CCCCC1=N)c1ccc(C)cc1. The largest absolute Gasteiger partial charge is 0.481 e. The zero-order valence-corrected chi connectivity index (χ0v) is 17.9. The van der Waals surface area contributed by atoms with Gasteiger partial charge in [-0.3, -0.25) is 9.79 Å². The molecule has 3 unspecified atom stereocenters. The van der Waals surface area contributed by atoms with Crippen molar-refractivity contribution in [2.75, 3.05) is 0 Å². The smallest absolute Gasteiger partial charge is 0.389 e. The van der Waals surface area contributed by atoms with Gasteiger partial charge in [-0.1, -0.05) is 29.8 Å². The first-order valence-electron chi connectivity index (χ1n) is 10.5. The van der Waals surface area contributed by atoms with Gasteiger partial charge in [0.2, 0.25) is 0 Å². The number of aliphatic carboxylic acids is 1. The number of carboxylic acids is 1. The predicted molar refractivity (Wildman–Crippen MR) is 115 cm³/mol. The van der Waals surface area contributed by atoms with Gasteiger partial charge >= 0.3 is 12.1 Å². The van der Waals surface area contributed by atoms with Crippen molar-refractivity contribution in [1.82, 2.24) is 0 Å². The highest BCUT2D eigenvalue weighted by molar-refractivity contribution is 6.41. The Bertz CT molecular complexity index is 831. The molecule has 5 nitrogen and oxygen atoms in total. The Labute approximate surface area is 180 Å². The number of nitrogens with zero attached hydrogens (tertiary/aromatic N) is 1. The molecule has 1 aromatic carbocycles. The van der Waals surface area contributed by atoms with E-state index in [1.165, 1.54) is 6.92 Å². The summed E-state index contributed by atoms with van der Waals surface area (Å²) >= 11 is 0. The van der Waals surface area contributed by atoms with Gasteiger partial charge in [-0.2, -0.15) is 13.2 Å². The van der Waals surface area contributed by atoms with Gasteiger partial charge in [0.1, 0.15) is 0 Å². The van der Waals surface area contributed by atoms with Crippen molar-refractivity contribution in [3.8, 4) is 0 Å². The second kappa shape index (κ2) is 10.7. The quantitative estimate of drug-likeness (QED) is 0.403. The van der Waals surface area contributed by atoms with Crippen LogP contribution in [-0.4, -0.2) is 34.4 Å². The number of hydrogen-bond acceptors (Lipinski definition) is 4. The maximum absolute atomic E-state index is 12.6. The van der Waals surface area contributed by atoms with Gasteiger partial charge in [-0.05, 0) is 57.9 Å². The number of aryl methyl sites for hydroxylation is 1. The molecular weight excluding hydrogens is 407 g/mol. The summed E-state index contributed by atoms with van der Waals surface area (Å²) in [5.41, 5.74) is 2.78. The normalized spacial score (nSPS) is 19.1. The van der Waals surface area contributed by atoms with Crippen LogP contribution in [-0.2, 0) is 4.79 Å². The molecule has 31 heavy (non-hydrogen) atoms. The van der Waals surface area contributed by atoms with Crippen LogP contribution in [0.2, 0.25) is 0 Å². The fourth-order valence-electron chi connectivity index (χ4n) is 4.06. The summed E-state index contributed by atoms with van der Waals surface area (Å²) in [5.74, 6) is -3.29. The second-order valence-electron chi connectivity index (χ2n) is 8.28. The van der Waals surface area contributed by atoms with Crippen molar-refractivity contribution in [3.63, 3.8) is 0 Å². The van der Waals surface area contributed by atoms with Crippen molar-refractivity contribution in [2.45, 2.75) is 71.0 Å². The van der Waals surface area contributed by atoms with Crippen LogP contribution in [0.4, 0.5) is 13.2 Å². The van der Waals surface area contributed by atoms with Gasteiger partial charge in [0.15, 0.2) is 0 Å². The molecule has 0 aromatic heterocycles. The first-order valence-corrected chi connectivity index (χ1v) is 10.5. The first kappa shape index (κ1) is 24.8. The highest BCUT2D eigenvalue weighted by atomic mass is 19.4. The molecule has 0 amide bonds. The van der Waals surface area contributed by atoms with E-state index in [2.05, 4.69) is 0 Å². The van der Waals surface area contributed by atoms with Crippen LogP contribution in [0.3, 0.4) is 0 Å². The number of rotatable bonds is 9. The van der Waals surface area contributed by atoms with E-state index in [9.17, 15) is 23.1 Å². The number of benzene rings is 1. The molecule has 1 aliphatic carbocycles. The third kappa shape index (κ3) is 7.29. The lowest BCUT2D eigenvalue weighted by atomic mass is 9.77. The van der Waals surface area contributed by atoms with E-state index in [1.807, 2.05) is 31.2 Å². The van der Waals surface area contributed by atoms with E-state index in [0.717, 1.165) is 18.4 Å². The minimum Gasteiger partial charge on any atom is -0.481 e. The van der Waals surface area contributed by atoms with Gasteiger partial charge in [0.05, 0.1) is 23.4 Å². The van der Waals surface area contributed by atoms with E-state index in [-0.39, 0.29) is 18.6 Å². The summed E-state index contributed by atoms with van der Waals surface area (Å²) in [6.07, 6.45) is -2.95. The van der Waals surface area contributed by atoms with Crippen LogP contribution in [0.15, 0.2) is 29.3 Å². The summed E-state index contributed by atoms with van der Waals surface area (Å²) in [4.78, 5) is 16.8. The number of nitrogens with one attached hydrogen (secondary N) is 2. The van der Waals surface area contributed by atoms with Crippen molar-refractivity contribution in [1.29, 1.82) is 10.8 Å². The van der Waals surface area contributed by atoms with Crippen LogP contribution < -0.4 is 0 Å². The molecule has 1 saturated carbocycles. The van der Waals surface area contributed by atoms with E-state index >= 15 is 0 Å². The molecule has 2 rings (SSSR count).